The second-order valence-electron chi connectivity index (χ2n) is 5.20. The van der Waals surface area contributed by atoms with E-state index in [0.717, 1.165) is 16.0 Å². The van der Waals surface area contributed by atoms with Gasteiger partial charge in [0.2, 0.25) is 0 Å². The lowest BCUT2D eigenvalue weighted by molar-refractivity contribution is -0.124. The van der Waals surface area contributed by atoms with E-state index in [1.807, 2.05) is 50.4 Å². The molecular weight excluding hydrogens is 298 g/mol. The van der Waals surface area contributed by atoms with Gasteiger partial charge in [0.15, 0.2) is 6.61 Å². The van der Waals surface area contributed by atoms with Gasteiger partial charge in [0.1, 0.15) is 0 Å². The van der Waals surface area contributed by atoms with Crippen molar-refractivity contribution in [3.63, 3.8) is 0 Å². The van der Waals surface area contributed by atoms with Crippen molar-refractivity contribution in [1.82, 2.24) is 5.32 Å². The van der Waals surface area contributed by atoms with Crippen LogP contribution in [0.25, 0.3) is 0 Å². The molecule has 0 saturated carbocycles. The highest BCUT2D eigenvalue weighted by atomic mass is 32.1. The lowest BCUT2D eigenvalue weighted by Gasteiger charge is -2.12. The molecule has 22 heavy (non-hydrogen) atoms. The molecule has 116 valence electrons. The second kappa shape index (κ2) is 7.22. The van der Waals surface area contributed by atoms with Gasteiger partial charge in [-0.2, -0.15) is 0 Å². The van der Waals surface area contributed by atoms with Crippen molar-refractivity contribution in [2.45, 2.75) is 26.8 Å². The Morgan fingerprint density at radius 2 is 2.05 bits per heavy atom. The average molecular weight is 317 g/mol. The average Bonchev–Trinajstić information content (AvgIpc) is 2.99. The fourth-order valence-electron chi connectivity index (χ4n) is 2.14. The molecule has 1 heterocycles. The number of thiophene rings is 1. The summed E-state index contributed by atoms with van der Waals surface area (Å²) >= 11 is 1.58. The molecule has 1 aromatic heterocycles. The largest absolute Gasteiger partial charge is 0.452 e. The monoisotopic (exact) mass is 317 g/mol. The molecular formula is C17H19NO3S. The standard InChI is InChI=1S/C17H19NO3S/c1-11-6-7-14(12(2)9-11)17(20)21-10-16(19)18-13(3)15-5-4-8-22-15/h4-9,13H,10H2,1-3H3,(H,18,19). The highest BCUT2D eigenvalue weighted by Crippen LogP contribution is 2.18. The van der Waals surface area contributed by atoms with Crippen molar-refractivity contribution >= 4 is 23.2 Å². The summed E-state index contributed by atoms with van der Waals surface area (Å²) in [6.07, 6.45) is 0. The van der Waals surface area contributed by atoms with Crippen LogP contribution in [0.5, 0.6) is 0 Å². The Morgan fingerprint density at radius 3 is 2.68 bits per heavy atom. The lowest BCUT2D eigenvalue weighted by atomic mass is 10.1. The van der Waals surface area contributed by atoms with Crippen LogP contribution in [-0.4, -0.2) is 18.5 Å². The molecule has 0 radical (unpaired) electrons. The van der Waals surface area contributed by atoms with Gasteiger partial charge in [-0.25, -0.2) is 4.79 Å². The number of rotatable bonds is 5. The number of hydrogen-bond acceptors (Lipinski definition) is 4. The summed E-state index contributed by atoms with van der Waals surface area (Å²) < 4.78 is 5.08. The number of benzene rings is 1. The molecule has 2 rings (SSSR count). The summed E-state index contributed by atoms with van der Waals surface area (Å²) in [6.45, 7) is 5.43. The van der Waals surface area contributed by atoms with Crippen LogP contribution in [0.3, 0.4) is 0 Å². The van der Waals surface area contributed by atoms with Crippen molar-refractivity contribution in [3.05, 3.63) is 57.3 Å². The van der Waals surface area contributed by atoms with Crippen LogP contribution in [0, 0.1) is 13.8 Å². The number of aryl methyl sites for hydroxylation is 2. The predicted octanol–water partition coefficient (Wildman–Crippen LogP) is 3.40. The summed E-state index contributed by atoms with van der Waals surface area (Å²) in [5.74, 6) is -0.782. The minimum Gasteiger partial charge on any atom is -0.452 e. The van der Waals surface area contributed by atoms with Gasteiger partial charge in [0.25, 0.3) is 5.91 Å². The number of carbonyl (C=O) groups is 2. The van der Waals surface area contributed by atoms with Gasteiger partial charge in [-0.05, 0) is 43.8 Å². The fraction of sp³-hybridized carbons (Fsp3) is 0.294. The van der Waals surface area contributed by atoms with E-state index in [9.17, 15) is 9.59 Å². The van der Waals surface area contributed by atoms with Crippen molar-refractivity contribution in [1.29, 1.82) is 0 Å². The van der Waals surface area contributed by atoms with Crippen molar-refractivity contribution < 1.29 is 14.3 Å². The van der Waals surface area contributed by atoms with E-state index < -0.39 is 5.97 Å². The maximum Gasteiger partial charge on any atom is 0.338 e. The number of hydrogen-bond donors (Lipinski definition) is 1. The van der Waals surface area contributed by atoms with Crippen LogP contribution >= 0.6 is 11.3 Å². The molecule has 0 fully saturated rings. The zero-order valence-corrected chi connectivity index (χ0v) is 13.7. The van der Waals surface area contributed by atoms with E-state index in [4.69, 9.17) is 4.74 Å². The molecule has 1 aromatic carbocycles. The first-order chi connectivity index (χ1) is 10.5. The Morgan fingerprint density at radius 1 is 1.27 bits per heavy atom. The molecule has 0 saturated heterocycles. The Balaban J connectivity index is 1.86. The molecule has 0 aliphatic rings. The highest BCUT2D eigenvalue weighted by molar-refractivity contribution is 7.10. The van der Waals surface area contributed by atoms with E-state index >= 15 is 0 Å². The third-order valence-electron chi connectivity index (χ3n) is 3.28. The topological polar surface area (TPSA) is 55.4 Å². The van der Waals surface area contributed by atoms with Crippen LogP contribution in [-0.2, 0) is 9.53 Å². The number of esters is 1. The number of carbonyl (C=O) groups excluding carboxylic acids is 2. The van der Waals surface area contributed by atoms with E-state index in [1.165, 1.54) is 0 Å². The van der Waals surface area contributed by atoms with Gasteiger partial charge >= 0.3 is 5.97 Å². The SMILES string of the molecule is Cc1ccc(C(=O)OCC(=O)NC(C)c2cccs2)c(C)c1. The smallest absolute Gasteiger partial charge is 0.338 e. The van der Waals surface area contributed by atoms with Gasteiger partial charge in [-0.1, -0.05) is 23.8 Å². The van der Waals surface area contributed by atoms with Crippen molar-refractivity contribution in [2.24, 2.45) is 0 Å². The number of ether oxygens (including phenoxy) is 1. The van der Waals surface area contributed by atoms with Crippen LogP contribution in [0.1, 0.15) is 39.3 Å². The van der Waals surface area contributed by atoms with E-state index in [-0.39, 0.29) is 18.6 Å². The Kier molecular flexibility index (Phi) is 5.33. The second-order valence-corrected chi connectivity index (χ2v) is 6.18. The molecule has 1 unspecified atom stereocenters. The first kappa shape index (κ1) is 16.2. The number of amides is 1. The lowest BCUT2D eigenvalue weighted by Crippen LogP contribution is -2.30. The molecule has 2 aromatic rings. The van der Waals surface area contributed by atoms with Crippen LogP contribution < -0.4 is 5.32 Å². The quantitative estimate of drug-likeness (QED) is 0.860. The third-order valence-corrected chi connectivity index (χ3v) is 4.34. The van der Waals surface area contributed by atoms with Gasteiger partial charge in [0.05, 0.1) is 11.6 Å². The van der Waals surface area contributed by atoms with E-state index in [1.54, 1.807) is 17.4 Å². The third kappa shape index (κ3) is 4.18. The Hall–Kier alpha value is -2.14. The van der Waals surface area contributed by atoms with Crippen molar-refractivity contribution in [2.75, 3.05) is 6.61 Å². The zero-order valence-electron chi connectivity index (χ0n) is 12.9. The van der Waals surface area contributed by atoms with Gasteiger partial charge < -0.3 is 10.1 Å². The number of nitrogens with one attached hydrogen (secondary N) is 1. The molecule has 1 atom stereocenters. The summed E-state index contributed by atoms with van der Waals surface area (Å²) in [5.41, 5.74) is 2.42. The summed E-state index contributed by atoms with van der Waals surface area (Å²) in [6, 6.07) is 9.28. The molecule has 5 heteroatoms. The first-order valence-corrected chi connectivity index (χ1v) is 7.92. The molecule has 0 spiro atoms. The fourth-order valence-corrected chi connectivity index (χ4v) is 2.88. The molecule has 0 aliphatic carbocycles. The van der Waals surface area contributed by atoms with Gasteiger partial charge in [-0.15, -0.1) is 11.3 Å². The molecule has 1 amide bonds. The minimum atomic E-state index is -0.476. The first-order valence-electron chi connectivity index (χ1n) is 7.04. The Bertz CT molecular complexity index is 665. The maximum absolute atomic E-state index is 12.0. The van der Waals surface area contributed by atoms with Crippen LogP contribution in [0.4, 0.5) is 0 Å². The molecule has 0 aliphatic heterocycles. The summed E-state index contributed by atoms with van der Waals surface area (Å²) in [7, 11) is 0. The summed E-state index contributed by atoms with van der Waals surface area (Å²) in [5, 5.41) is 4.76. The van der Waals surface area contributed by atoms with Gasteiger partial charge in [0, 0.05) is 4.88 Å². The molecule has 4 nitrogen and oxygen atoms in total. The highest BCUT2D eigenvalue weighted by Gasteiger charge is 2.14. The normalized spacial score (nSPS) is 11.8. The minimum absolute atomic E-state index is 0.0905. The van der Waals surface area contributed by atoms with Crippen LogP contribution in [0.15, 0.2) is 35.7 Å². The Labute approximate surface area is 134 Å². The maximum atomic E-state index is 12.0. The molecule has 1 N–H and O–H groups in total. The van der Waals surface area contributed by atoms with Crippen molar-refractivity contribution in [3.8, 4) is 0 Å². The summed E-state index contributed by atoms with van der Waals surface area (Å²) in [4.78, 5) is 24.9. The van der Waals surface area contributed by atoms with Crippen LogP contribution in [0.2, 0.25) is 0 Å². The van der Waals surface area contributed by atoms with E-state index in [2.05, 4.69) is 5.32 Å². The van der Waals surface area contributed by atoms with Gasteiger partial charge in [-0.3, -0.25) is 4.79 Å². The predicted molar refractivity (Wildman–Crippen MR) is 87.1 cm³/mol. The van der Waals surface area contributed by atoms with E-state index in [0.29, 0.717) is 5.56 Å². The molecule has 0 bridgehead atoms. The zero-order chi connectivity index (χ0) is 16.1.